The molecule has 2 heterocycles. The minimum Gasteiger partial charge on any atom is -0.481 e. The number of aromatic amines is 1. The van der Waals surface area contributed by atoms with Gasteiger partial charge in [-0.15, -0.1) is 0 Å². The predicted octanol–water partition coefficient (Wildman–Crippen LogP) is 1.45. The normalized spacial score (nSPS) is 23.6. The zero-order chi connectivity index (χ0) is 11.3. The molecule has 0 saturated heterocycles. The molecule has 3 rings (SSSR count). The van der Waals surface area contributed by atoms with Crippen LogP contribution in [-0.4, -0.2) is 26.0 Å². The van der Waals surface area contributed by atoms with Crippen molar-refractivity contribution in [1.82, 2.24) is 15.0 Å². The van der Waals surface area contributed by atoms with Crippen molar-refractivity contribution in [3.05, 3.63) is 23.7 Å². The highest BCUT2D eigenvalue weighted by Gasteiger charge is 2.46. The number of rotatable bonds is 2. The van der Waals surface area contributed by atoms with Crippen molar-refractivity contribution in [2.24, 2.45) is 5.92 Å². The van der Waals surface area contributed by atoms with Crippen molar-refractivity contribution >= 4 is 17.1 Å². The zero-order valence-electron chi connectivity index (χ0n) is 8.77. The summed E-state index contributed by atoms with van der Waals surface area (Å²) in [5.74, 6) is -0.233. The van der Waals surface area contributed by atoms with Gasteiger partial charge in [-0.05, 0) is 25.5 Å². The summed E-state index contributed by atoms with van der Waals surface area (Å²) in [5.41, 5.74) is 2.46. The lowest BCUT2D eigenvalue weighted by atomic mass is 10.3. The van der Waals surface area contributed by atoms with Crippen molar-refractivity contribution in [3.63, 3.8) is 0 Å². The molecule has 0 aromatic carbocycles. The van der Waals surface area contributed by atoms with E-state index in [-0.39, 0.29) is 11.8 Å². The fourth-order valence-corrected chi connectivity index (χ4v) is 1.95. The highest BCUT2D eigenvalue weighted by Crippen LogP contribution is 2.46. The number of nitrogens with one attached hydrogen (secondary N) is 1. The Morgan fingerprint density at radius 2 is 2.31 bits per heavy atom. The molecule has 0 aliphatic heterocycles. The molecule has 2 N–H and O–H groups in total. The molecule has 0 spiro atoms. The van der Waals surface area contributed by atoms with Crippen LogP contribution in [0.25, 0.3) is 11.2 Å². The molecular formula is C11H11N3O2. The first-order valence-electron chi connectivity index (χ1n) is 5.21. The van der Waals surface area contributed by atoms with Gasteiger partial charge >= 0.3 is 5.97 Å². The topological polar surface area (TPSA) is 78.9 Å². The van der Waals surface area contributed by atoms with E-state index in [1.807, 2.05) is 19.1 Å². The predicted molar refractivity (Wildman–Crippen MR) is 57.1 cm³/mol. The second-order valence-corrected chi connectivity index (χ2v) is 4.23. The number of carbonyl (C=O) groups is 1. The van der Waals surface area contributed by atoms with E-state index in [0.29, 0.717) is 12.1 Å². The Bertz CT molecular complexity index is 576. The molecule has 2 unspecified atom stereocenters. The lowest BCUT2D eigenvalue weighted by molar-refractivity contribution is -0.138. The molecule has 2 atom stereocenters. The molecule has 16 heavy (non-hydrogen) atoms. The van der Waals surface area contributed by atoms with Crippen LogP contribution >= 0.6 is 0 Å². The van der Waals surface area contributed by atoms with Gasteiger partial charge in [0, 0.05) is 11.6 Å². The maximum atomic E-state index is 10.8. The molecule has 1 fully saturated rings. The number of fused-ring (bicyclic) bond motifs is 1. The third-order valence-corrected chi connectivity index (χ3v) is 2.96. The molecule has 2 aromatic rings. The number of aryl methyl sites for hydroxylation is 1. The quantitative estimate of drug-likeness (QED) is 0.798. The zero-order valence-corrected chi connectivity index (χ0v) is 8.77. The van der Waals surface area contributed by atoms with Gasteiger partial charge in [-0.3, -0.25) is 4.79 Å². The van der Waals surface area contributed by atoms with E-state index >= 15 is 0 Å². The van der Waals surface area contributed by atoms with E-state index in [1.165, 1.54) is 0 Å². The number of aliphatic carboxylic acids is 1. The smallest absolute Gasteiger partial charge is 0.307 e. The van der Waals surface area contributed by atoms with Gasteiger partial charge in [-0.2, -0.15) is 0 Å². The van der Waals surface area contributed by atoms with Crippen molar-refractivity contribution in [3.8, 4) is 0 Å². The van der Waals surface area contributed by atoms with Gasteiger partial charge < -0.3 is 10.1 Å². The van der Waals surface area contributed by atoms with Gasteiger partial charge in [0.15, 0.2) is 5.65 Å². The summed E-state index contributed by atoms with van der Waals surface area (Å²) in [6, 6.07) is 3.83. The Morgan fingerprint density at radius 3 is 3.00 bits per heavy atom. The van der Waals surface area contributed by atoms with E-state index in [1.54, 1.807) is 0 Å². The standard InChI is InChI=1S/C11H11N3O2/c1-5-2-3-8-10(12-5)14-9(13-8)6-4-7(6)11(15)16/h2-3,6-7H,4H2,1H3,(H,15,16)(H,12,13,14). The van der Waals surface area contributed by atoms with Crippen LogP contribution in [0.2, 0.25) is 0 Å². The van der Waals surface area contributed by atoms with E-state index in [9.17, 15) is 4.79 Å². The number of imidazole rings is 1. The molecule has 0 radical (unpaired) electrons. The van der Waals surface area contributed by atoms with Crippen molar-refractivity contribution in [2.75, 3.05) is 0 Å². The Kier molecular flexibility index (Phi) is 1.77. The van der Waals surface area contributed by atoms with Crippen LogP contribution < -0.4 is 0 Å². The summed E-state index contributed by atoms with van der Waals surface area (Å²) in [6.45, 7) is 1.91. The highest BCUT2D eigenvalue weighted by atomic mass is 16.4. The molecule has 2 aromatic heterocycles. The largest absolute Gasteiger partial charge is 0.481 e. The van der Waals surface area contributed by atoms with Crippen LogP contribution in [0.4, 0.5) is 0 Å². The van der Waals surface area contributed by atoms with Crippen molar-refractivity contribution < 1.29 is 9.90 Å². The molecule has 1 aliphatic rings. The van der Waals surface area contributed by atoms with Crippen LogP contribution in [0.15, 0.2) is 12.1 Å². The van der Waals surface area contributed by atoms with Crippen LogP contribution in [0.5, 0.6) is 0 Å². The summed E-state index contributed by atoms with van der Waals surface area (Å²) in [4.78, 5) is 22.5. The lowest BCUT2D eigenvalue weighted by Gasteiger charge is -1.89. The number of nitrogens with zero attached hydrogens (tertiary/aromatic N) is 2. The molecule has 0 bridgehead atoms. The summed E-state index contributed by atoms with van der Waals surface area (Å²) < 4.78 is 0. The van der Waals surface area contributed by atoms with Gasteiger partial charge in [0.05, 0.1) is 11.4 Å². The third-order valence-electron chi connectivity index (χ3n) is 2.96. The number of carboxylic acid groups (broad SMARTS) is 1. The van der Waals surface area contributed by atoms with Gasteiger partial charge in [0.2, 0.25) is 0 Å². The fraction of sp³-hybridized carbons (Fsp3) is 0.364. The molecule has 1 aliphatic carbocycles. The van der Waals surface area contributed by atoms with E-state index in [2.05, 4.69) is 15.0 Å². The molecule has 5 heteroatoms. The minimum atomic E-state index is -0.741. The first-order valence-corrected chi connectivity index (χ1v) is 5.21. The molecule has 5 nitrogen and oxygen atoms in total. The minimum absolute atomic E-state index is 0.0343. The third kappa shape index (κ3) is 1.36. The average molecular weight is 217 g/mol. The molecule has 1 saturated carbocycles. The molecular weight excluding hydrogens is 206 g/mol. The van der Waals surface area contributed by atoms with Crippen molar-refractivity contribution in [1.29, 1.82) is 0 Å². The first-order chi connectivity index (χ1) is 7.65. The second kappa shape index (κ2) is 3.04. The summed E-state index contributed by atoms with van der Waals surface area (Å²) >= 11 is 0. The number of pyridine rings is 1. The number of aromatic nitrogens is 3. The lowest BCUT2D eigenvalue weighted by Crippen LogP contribution is -1.99. The van der Waals surface area contributed by atoms with Gasteiger partial charge in [0.25, 0.3) is 0 Å². The first kappa shape index (κ1) is 9.33. The van der Waals surface area contributed by atoms with E-state index < -0.39 is 5.97 Å². The number of carboxylic acids is 1. The average Bonchev–Trinajstić information content (AvgIpc) is 2.93. The maximum absolute atomic E-state index is 10.8. The number of H-pyrrole nitrogens is 1. The monoisotopic (exact) mass is 217 g/mol. The fourth-order valence-electron chi connectivity index (χ4n) is 1.95. The van der Waals surface area contributed by atoms with Crippen LogP contribution in [-0.2, 0) is 4.79 Å². The Labute approximate surface area is 91.5 Å². The second-order valence-electron chi connectivity index (χ2n) is 4.23. The van der Waals surface area contributed by atoms with Crippen LogP contribution in [0.1, 0.15) is 23.9 Å². The SMILES string of the molecule is Cc1ccc2[nH]c(C3CC3C(=O)O)nc2n1. The van der Waals surface area contributed by atoms with Crippen molar-refractivity contribution in [2.45, 2.75) is 19.3 Å². The van der Waals surface area contributed by atoms with Gasteiger partial charge in [0.1, 0.15) is 5.82 Å². The van der Waals surface area contributed by atoms with E-state index in [0.717, 1.165) is 17.0 Å². The molecule has 82 valence electrons. The van der Waals surface area contributed by atoms with Gasteiger partial charge in [-0.25, -0.2) is 9.97 Å². The van der Waals surface area contributed by atoms with Gasteiger partial charge in [-0.1, -0.05) is 0 Å². The Balaban J connectivity index is 1.98. The highest BCUT2D eigenvalue weighted by molar-refractivity contribution is 5.76. The summed E-state index contributed by atoms with van der Waals surface area (Å²) in [5, 5.41) is 8.85. The summed E-state index contributed by atoms with van der Waals surface area (Å²) in [6.07, 6.45) is 0.675. The van der Waals surface area contributed by atoms with Crippen LogP contribution in [0.3, 0.4) is 0 Å². The molecule has 0 amide bonds. The Morgan fingerprint density at radius 1 is 1.50 bits per heavy atom. The Hall–Kier alpha value is -1.91. The summed E-state index contributed by atoms with van der Waals surface area (Å²) in [7, 11) is 0. The number of hydrogen-bond acceptors (Lipinski definition) is 3. The number of hydrogen-bond donors (Lipinski definition) is 2. The van der Waals surface area contributed by atoms with E-state index in [4.69, 9.17) is 5.11 Å². The van der Waals surface area contributed by atoms with Crippen LogP contribution in [0, 0.1) is 12.8 Å². The maximum Gasteiger partial charge on any atom is 0.307 e.